The van der Waals surface area contributed by atoms with Gasteiger partial charge in [-0.2, -0.15) is 13.2 Å². The number of halogens is 5. The lowest BCUT2D eigenvalue weighted by Crippen LogP contribution is -2.34. The molecular weight excluding hydrogens is 383 g/mol. The molecule has 150 valence electrons. The van der Waals surface area contributed by atoms with Crippen LogP contribution in [0, 0.1) is 11.6 Å². The average molecular weight is 400 g/mol. The van der Waals surface area contributed by atoms with Gasteiger partial charge in [0.1, 0.15) is 11.6 Å². The van der Waals surface area contributed by atoms with Crippen molar-refractivity contribution in [3.8, 4) is 0 Å². The molecule has 1 amide bonds. The Hall–Kier alpha value is -2.52. The second-order valence-corrected chi connectivity index (χ2v) is 6.63. The Labute approximate surface area is 157 Å². The molecule has 2 aromatic carbocycles. The van der Waals surface area contributed by atoms with Crippen LogP contribution in [0.15, 0.2) is 42.5 Å². The third-order valence-electron chi connectivity index (χ3n) is 4.53. The molecule has 2 N–H and O–H groups in total. The number of nitrogens with one attached hydrogen (secondary N) is 1. The first-order valence-corrected chi connectivity index (χ1v) is 8.47. The van der Waals surface area contributed by atoms with Gasteiger partial charge in [-0.1, -0.05) is 12.1 Å². The summed E-state index contributed by atoms with van der Waals surface area (Å²) >= 11 is 0. The van der Waals surface area contributed by atoms with E-state index in [0.29, 0.717) is 5.56 Å². The highest BCUT2D eigenvalue weighted by atomic mass is 19.4. The standard InChI is InChI=1S/C19H17F5N2O2/c20-13-4-5-15(21)16(7-13)25-18(28)10-26-9-14(27)8-17(26)11-2-1-3-12(6-11)19(22,23)24/h1-7,14,17,27H,8-10H2,(H,25,28)/t14-,17+/m1/s1. The molecule has 1 aliphatic rings. The summed E-state index contributed by atoms with van der Waals surface area (Å²) in [5.41, 5.74) is -0.839. The van der Waals surface area contributed by atoms with Crippen molar-refractivity contribution in [2.45, 2.75) is 24.7 Å². The van der Waals surface area contributed by atoms with E-state index in [0.717, 1.165) is 30.3 Å². The highest BCUT2D eigenvalue weighted by molar-refractivity contribution is 5.92. The third-order valence-corrected chi connectivity index (χ3v) is 4.53. The number of aliphatic hydroxyl groups excluding tert-OH is 1. The normalized spacial score (nSPS) is 20.4. The lowest BCUT2D eigenvalue weighted by molar-refractivity contribution is -0.137. The Morgan fingerprint density at radius 2 is 1.93 bits per heavy atom. The molecule has 0 saturated carbocycles. The predicted molar refractivity (Wildman–Crippen MR) is 91.4 cm³/mol. The van der Waals surface area contributed by atoms with Crippen molar-refractivity contribution < 1.29 is 31.9 Å². The Morgan fingerprint density at radius 3 is 2.64 bits per heavy atom. The van der Waals surface area contributed by atoms with E-state index in [1.807, 2.05) is 0 Å². The van der Waals surface area contributed by atoms with Gasteiger partial charge in [-0.25, -0.2) is 8.78 Å². The van der Waals surface area contributed by atoms with Crippen molar-refractivity contribution in [3.05, 3.63) is 65.2 Å². The van der Waals surface area contributed by atoms with Gasteiger partial charge in [-0.3, -0.25) is 9.69 Å². The number of carbonyl (C=O) groups is 1. The van der Waals surface area contributed by atoms with E-state index in [1.165, 1.54) is 17.0 Å². The van der Waals surface area contributed by atoms with Crippen LogP contribution in [-0.4, -0.2) is 35.1 Å². The number of alkyl halides is 3. The molecule has 1 aliphatic heterocycles. The van der Waals surface area contributed by atoms with Crippen molar-refractivity contribution >= 4 is 11.6 Å². The molecule has 1 fully saturated rings. The van der Waals surface area contributed by atoms with E-state index in [2.05, 4.69) is 5.32 Å². The minimum absolute atomic E-state index is 0.0694. The maximum atomic E-state index is 13.7. The van der Waals surface area contributed by atoms with Gasteiger partial charge in [0.05, 0.1) is 23.9 Å². The van der Waals surface area contributed by atoms with Crippen LogP contribution >= 0.6 is 0 Å². The Balaban J connectivity index is 1.75. The quantitative estimate of drug-likeness (QED) is 0.769. The van der Waals surface area contributed by atoms with E-state index in [1.54, 1.807) is 0 Å². The number of carbonyl (C=O) groups excluding carboxylic acids is 1. The molecule has 0 unspecified atom stereocenters. The maximum Gasteiger partial charge on any atom is 0.416 e. The van der Waals surface area contributed by atoms with Gasteiger partial charge in [-0.15, -0.1) is 0 Å². The van der Waals surface area contributed by atoms with E-state index >= 15 is 0 Å². The number of benzene rings is 2. The monoisotopic (exact) mass is 400 g/mol. The van der Waals surface area contributed by atoms with Gasteiger partial charge in [0.15, 0.2) is 0 Å². The number of amides is 1. The second-order valence-electron chi connectivity index (χ2n) is 6.63. The van der Waals surface area contributed by atoms with E-state index in [9.17, 15) is 31.9 Å². The summed E-state index contributed by atoms with van der Waals surface area (Å²) in [4.78, 5) is 13.7. The van der Waals surface area contributed by atoms with Crippen LogP contribution in [0.5, 0.6) is 0 Å². The molecule has 0 bridgehead atoms. The fourth-order valence-electron chi connectivity index (χ4n) is 3.29. The first-order valence-electron chi connectivity index (χ1n) is 8.47. The number of likely N-dealkylation sites (tertiary alicyclic amines) is 1. The Kier molecular flexibility index (Phi) is 5.66. The molecule has 3 rings (SSSR count). The second kappa shape index (κ2) is 7.84. The summed E-state index contributed by atoms with van der Waals surface area (Å²) in [6.45, 7) is -0.228. The Bertz CT molecular complexity index is 872. The molecule has 28 heavy (non-hydrogen) atoms. The minimum Gasteiger partial charge on any atom is -0.392 e. The van der Waals surface area contributed by atoms with Crippen molar-refractivity contribution in [2.75, 3.05) is 18.4 Å². The zero-order valence-electron chi connectivity index (χ0n) is 14.5. The maximum absolute atomic E-state index is 13.7. The van der Waals surface area contributed by atoms with Gasteiger partial charge < -0.3 is 10.4 Å². The number of aliphatic hydroxyl groups is 1. The van der Waals surface area contributed by atoms with Crippen molar-refractivity contribution in [1.82, 2.24) is 4.90 Å². The summed E-state index contributed by atoms with van der Waals surface area (Å²) in [7, 11) is 0. The number of hydrogen-bond acceptors (Lipinski definition) is 3. The highest BCUT2D eigenvalue weighted by Crippen LogP contribution is 2.36. The molecule has 4 nitrogen and oxygen atoms in total. The minimum atomic E-state index is -4.51. The van der Waals surface area contributed by atoms with Crippen LogP contribution < -0.4 is 5.32 Å². The number of hydrogen-bond donors (Lipinski definition) is 2. The van der Waals surface area contributed by atoms with E-state index in [-0.39, 0.29) is 25.2 Å². The summed E-state index contributed by atoms with van der Waals surface area (Å²) in [6.07, 6.45) is -5.17. The van der Waals surface area contributed by atoms with Crippen LogP contribution in [-0.2, 0) is 11.0 Å². The Morgan fingerprint density at radius 1 is 1.18 bits per heavy atom. The third kappa shape index (κ3) is 4.66. The largest absolute Gasteiger partial charge is 0.416 e. The van der Waals surface area contributed by atoms with E-state index < -0.39 is 41.4 Å². The first-order chi connectivity index (χ1) is 13.1. The summed E-state index contributed by atoms with van der Waals surface area (Å²) < 4.78 is 65.8. The molecule has 1 heterocycles. The smallest absolute Gasteiger partial charge is 0.392 e. The van der Waals surface area contributed by atoms with Crippen LogP contribution in [0.1, 0.15) is 23.6 Å². The zero-order valence-corrected chi connectivity index (χ0v) is 14.5. The zero-order chi connectivity index (χ0) is 20.5. The van der Waals surface area contributed by atoms with Crippen molar-refractivity contribution in [3.63, 3.8) is 0 Å². The molecular formula is C19H17F5N2O2. The fraction of sp³-hybridized carbons (Fsp3) is 0.316. The topological polar surface area (TPSA) is 52.6 Å². The van der Waals surface area contributed by atoms with Gasteiger partial charge in [0.25, 0.3) is 0 Å². The van der Waals surface area contributed by atoms with Crippen LogP contribution in [0.4, 0.5) is 27.6 Å². The first kappa shape index (κ1) is 20.2. The van der Waals surface area contributed by atoms with Crippen LogP contribution in [0.3, 0.4) is 0 Å². The van der Waals surface area contributed by atoms with Gasteiger partial charge in [0, 0.05) is 18.7 Å². The molecule has 0 radical (unpaired) electrons. The molecule has 2 aromatic rings. The van der Waals surface area contributed by atoms with Gasteiger partial charge >= 0.3 is 6.18 Å². The number of nitrogens with zero attached hydrogens (tertiary/aromatic N) is 1. The molecule has 1 saturated heterocycles. The molecule has 0 spiro atoms. The lowest BCUT2D eigenvalue weighted by atomic mass is 10.0. The van der Waals surface area contributed by atoms with Crippen molar-refractivity contribution in [2.24, 2.45) is 0 Å². The fourth-order valence-corrected chi connectivity index (χ4v) is 3.29. The molecule has 2 atom stereocenters. The lowest BCUT2D eigenvalue weighted by Gasteiger charge is -2.24. The predicted octanol–water partition coefficient (Wildman–Crippen LogP) is 3.73. The average Bonchev–Trinajstić information content (AvgIpc) is 2.97. The molecule has 0 aromatic heterocycles. The number of anilines is 1. The van der Waals surface area contributed by atoms with Crippen molar-refractivity contribution in [1.29, 1.82) is 0 Å². The van der Waals surface area contributed by atoms with Gasteiger partial charge in [-0.05, 0) is 36.2 Å². The summed E-state index contributed by atoms with van der Waals surface area (Å²) in [5, 5.41) is 12.2. The molecule has 9 heteroatoms. The summed E-state index contributed by atoms with van der Waals surface area (Å²) in [5.74, 6) is -2.21. The van der Waals surface area contributed by atoms with Gasteiger partial charge in [0.2, 0.25) is 5.91 Å². The van der Waals surface area contributed by atoms with E-state index in [4.69, 9.17) is 0 Å². The SMILES string of the molecule is O=C(CN1C[C@H](O)C[C@H]1c1cccc(C(F)(F)F)c1)Nc1cc(F)ccc1F. The van der Waals surface area contributed by atoms with Crippen LogP contribution in [0.25, 0.3) is 0 Å². The van der Waals surface area contributed by atoms with Crippen LogP contribution in [0.2, 0.25) is 0 Å². The number of β-amino-alcohol motifs (C(OH)–C–C–N with tert-alkyl or cyclic N) is 1. The molecule has 0 aliphatic carbocycles. The summed E-state index contributed by atoms with van der Waals surface area (Å²) in [6, 6.07) is 6.69. The highest BCUT2D eigenvalue weighted by Gasteiger charge is 2.36. The number of rotatable bonds is 4.